The molecule has 13 nitrogen and oxygen atoms in total. The van der Waals surface area contributed by atoms with Crippen LogP contribution in [-0.2, 0) is 4.79 Å². The number of amides is 1. The number of rotatable bonds is 5. The summed E-state index contributed by atoms with van der Waals surface area (Å²) in [5.74, 6) is -0.785. The smallest absolute Gasteiger partial charge is 0.256 e. The van der Waals surface area contributed by atoms with Gasteiger partial charge in [-0.3, -0.25) is 9.78 Å². The first-order valence-electron chi connectivity index (χ1n) is 11.3. The van der Waals surface area contributed by atoms with Gasteiger partial charge < -0.3 is 25.4 Å². The highest BCUT2D eigenvalue weighted by Gasteiger charge is 2.79. The Labute approximate surface area is 199 Å². The predicted molar refractivity (Wildman–Crippen MR) is 123 cm³/mol. The zero-order valence-electron chi connectivity index (χ0n) is 19.2. The van der Waals surface area contributed by atoms with Gasteiger partial charge in [-0.15, -0.1) is 5.10 Å². The van der Waals surface area contributed by atoms with Crippen LogP contribution in [0.5, 0.6) is 0 Å². The minimum atomic E-state index is -1.45. The van der Waals surface area contributed by atoms with Crippen LogP contribution >= 0.6 is 0 Å². The fourth-order valence-electron chi connectivity index (χ4n) is 5.60. The van der Waals surface area contributed by atoms with Crippen molar-refractivity contribution in [2.24, 2.45) is 17.8 Å². The Morgan fingerprint density at radius 3 is 2.66 bits per heavy atom. The molecule has 2 aliphatic carbocycles. The van der Waals surface area contributed by atoms with Crippen molar-refractivity contribution < 1.29 is 15.0 Å². The van der Waals surface area contributed by atoms with E-state index in [0.717, 1.165) is 0 Å². The lowest BCUT2D eigenvalue weighted by atomic mass is 9.89. The molecule has 1 unspecified atom stereocenters. The van der Waals surface area contributed by atoms with E-state index in [0.29, 0.717) is 28.4 Å². The minimum Gasteiger partial charge on any atom is -0.389 e. The Bertz CT molecular complexity index is 1440. The standard InChI is InChI=1S/C22H24N10O3/c1-10-13(20(34)24-3)17(33)22(35)14(10)16(22)31-9-26-15-18(23-2)27-21(28-19(15)31)32-8-12(29-30-32)11-6-4-5-7-25-11/h4-10,13-14,16-17,33,35H,1-3H3,(H,24,34)(H,23,27,28)/t10-,13-,14-,16?,17+,22+/m0/s1. The topological polar surface area (TPSA) is 169 Å². The van der Waals surface area contributed by atoms with E-state index in [1.54, 1.807) is 30.3 Å². The van der Waals surface area contributed by atoms with Gasteiger partial charge in [0.25, 0.3) is 5.95 Å². The van der Waals surface area contributed by atoms with Crippen LogP contribution in [0, 0.1) is 17.8 Å². The molecule has 0 aromatic carbocycles. The van der Waals surface area contributed by atoms with Gasteiger partial charge in [0.05, 0.1) is 36.3 Å². The zero-order chi connectivity index (χ0) is 24.5. The first kappa shape index (κ1) is 21.6. The maximum absolute atomic E-state index is 12.3. The van der Waals surface area contributed by atoms with E-state index in [4.69, 9.17) is 0 Å². The van der Waals surface area contributed by atoms with Crippen LogP contribution < -0.4 is 10.6 Å². The quantitative estimate of drug-likeness (QED) is 0.302. The van der Waals surface area contributed by atoms with Crippen molar-refractivity contribution >= 4 is 22.9 Å². The number of carbonyl (C=O) groups is 1. The van der Waals surface area contributed by atoms with Crippen molar-refractivity contribution in [3.05, 3.63) is 36.9 Å². The summed E-state index contributed by atoms with van der Waals surface area (Å²) in [6.45, 7) is 1.87. The van der Waals surface area contributed by atoms with Crippen LogP contribution in [0.2, 0.25) is 0 Å². The fourth-order valence-corrected chi connectivity index (χ4v) is 5.60. The number of pyridine rings is 1. The Morgan fingerprint density at radius 2 is 2.00 bits per heavy atom. The molecule has 180 valence electrons. The Hall–Kier alpha value is -3.97. The molecular weight excluding hydrogens is 452 g/mol. The predicted octanol–water partition coefficient (Wildman–Crippen LogP) is -0.215. The number of aliphatic hydroxyl groups excluding tert-OH is 1. The molecule has 35 heavy (non-hydrogen) atoms. The molecule has 2 saturated carbocycles. The number of anilines is 1. The number of imidazole rings is 1. The van der Waals surface area contributed by atoms with Gasteiger partial charge in [-0.05, 0) is 18.1 Å². The summed E-state index contributed by atoms with van der Waals surface area (Å²) in [4.78, 5) is 30.3. The lowest BCUT2D eigenvalue weighted by Gasteiger charge is -2.25. The molecular formula is C22H24N10O3. The van der Waals surface area contributed by atoms with Crippen LogP contribution in [-0.4, -0.2) is 81.4 Å². The van der Waals surface area contributed by atoms with Gasteiger partial charge in [-0.25, -0.2) is 4.98 Å². The third-order valence-electron chi connectivity index (χ3n) is 7.31. The monoisotopic (exact) mass is 476 g/mol. The van der Waals surface area contributed by atoms with Gasteiger partial charge in [0.15, 0.2) is 17.0 Å². The molecule has 2 fully saturated rings. The SMILES string of the molecule is CNC(=O)[C@H]1[C@H](C)[C@H]2C(n3cnc4c(NC)nc(-n5cc(-c6ccccn6)nn5)nc43)[C@@]2(O)[C@@H]1O. The Balaban J connectivity index is 1.40. The van der Waals surface area contributed by atoms with Crippen molar-refractivity contribution in [1.82, 2.24) is 44.8 Å². The maximum atomic E-state index is 12.3. The van der Waals surface area contributed by atoms with Gasteiger partial charge in [-0.1, -0.05) is 18.2 Å². The molecule has 6 atom stereocenters. The lowest BCUT2D eigenvalue weighted by molar-refractivity contribution is -0.132. The van der Waals surface area contributed by atoms with Crippen LogP contribution in [0.4, 0.5) is 5.82 Å². The minimum absolute atomic E-state index is 0.237. The summed E-state index contributed by atoms with van der Waals surface area (Å²) in [6, 6.07) is 5.03. The Morgan fingerprint density at radius 1 is 1.17 bits per heavy atom. The van der Waals surface area contributed by atoms with E-state index in [1.807, 2.05) is 25.1 Å². The average molecular weight is 477 g/mol. The highest BCUT2D eigenvalue weighted by Crippen LogP contribution is 2.68. The molecule has 1 amide bonds. The number of aromatic nitrogens is 8. The molecule has 0 spiro atoms. The van der Waals surface area contributed by atoms with Crippen molar-refractivity contribution in [1.29, 1.82) is 0 Å². The first-order valence-corrected chi connectivity index (χ1v) is 11.3. The van der Waals surface area contributed by atoms with Gasteiger partial charge in [0.1, 0.15) is 11.3 Å². The van der Waals surface area contributed by atoms with Crippen molar-refractivity contribution in [3.8, 4) is 17.3 Å². The number of nitrogens with zero attached hydrogens (tertiary/aromatic N) is 8. The molecule has 4 aromatic heterocycles. The molecule has 2 aliphatic rings. The number of hydrogen-bond acceptors (Lipinski definition) is 10. The van der Waals surface area contributed by atoms with Crippen LogP contribution in [0.1, 0.15) is 13.0 Å². The summed E-state index contributed by atoms with van der Waals surface area (Å²) in [5.41, 5.74) is 0.768. The Kier molecular flexibility index (Phi) is 4.63. The molecule has 4 heterocycles. The number of hydrogen-bond donors (Lipinski definition) is 4. The van der Waals surface area contributed by atoms with Crippen molar-refractivity contribution in [3.63, 3.8) is 0 Å². The van der Waals surface area contributed by atoms with Crippen molar-refractivity contribution in [2.75, 3.05) is 19.4 Å². The van der Waals surface area contributed by atoms with Gasteiger partial charge in [-0.2, -0.15) is 14.6 Å². The van der Waals surface area contributed by atoms with E-state index in [-0.39, 0.29) is 23.7 Å². The van der Waals surface area contributed by atoms with Crippen molar-refractivity contribution in [2.45, 2.75) is 24.7 Å². The van der Waals surface area contributed by atoms with E-state index in [1.165, 1.54) is 11.7 Å². The second-order valence-electron chi connectivity index (χ2n) is 9.01. The van der Waals surface area contributed by atoms with Crippen LogP contribution in [0.3, 0.4) is 0 Å². The molecule has 0 bridgehead atoms. The van der Waals surface area contributed by atoms with E-state index < -0.39 is 23.7 Å². The number of nitrogens with one attached hydrogen (secondary N) is 2. The molecule has 0 saturated heterocycles. The summed E-state index contributed by atoms with van der Waals surface area (Å²) in [5, 5.41) is 36.2. The maximum Gasteiger partial charge on any atom is 0.256 e. The van der Waals surface area contributed by atoms with E-state index >= 15 is 0 Å². The van der Waals surface area contributed by atoms with Gasteiger partial charge >= 0.3 is 0 Å². The highest BCUT2D eigenvalue weighted by atomic mass is 16.4. The third kappa shape index (κ3) is 2.91. The van der Waals surface area contributed by atoms with Crippen LogP contribution in [0.15, 0.2) is 36.9 Å². The number of fused-ring (bicyclic) bond motifs is 2. The van der Waals surface area contributed by atoms with E-state index in [9.17, 15) is 15.0 Å². The molecule has 4 aromatic rings. The molecule has 6 rings (SSSR count). The molecule has 0 aliphatic heterocycles. The summed E-state index contributed by atoms with van der Waals surface area (Å²) < 4.78 is 3.20. The normalized spacial score (nSPS) is 29.2. The first-order chi connectivity index (χ1) is 16.9. The highest BCUT2D eigenvalue weighted by molar-refractivity contribution is 5.84. The van der Waals surface area contributed by atoms with Crippen LogP contribution in [0.25, 0.3) is 28.5 Å². The average Bonchev–Trinajstić information content (AvgIpc) is 3.25. The van der Waals surface area contributed by atoms with Gasteiger partial charge in [0.2, 0.25) is 5.91 Å². The summed E-state index contributed by atoms with van der Waals surface area (Å²) >= 11 is 0. The zero-order valence-corrected chi connectivity index (χ0v) is 19.2. The lowest BCUT2D eigenvalue weighted by Crippen LogP contribution is -2.43. The van der Waals surface area contributed by atoms with Gasteiger partial charge in [0, 0.05) is 26.2 Å². The molecule has 4 N–H and O–H groups in total. The summed E-state index contributed by atoms with van der Waals surface area (Å²) in [6.07, 6.45) is 3.74. The second-order valence-corrected chi connectivity index (χ2v) is 9.01. The number of aliphatic hydroxyl groups is 2. The fraction of sp³-hybridized carbons (Fsp3) is 0.409. The second kappa shape index (κ2) is 7.52. The van der Waals surface area contributed by atoms with E-state index in [2.05, 4.69) is 40.9 Å². The number of carbonyl (C=O) groups excluding carboxylic acids is 1. The molecule has 13 heteroatoms. The molecule has 0 radical (unpaired) electrons. The largest absolute Gasteiger partial charge is 0.389 e. The third-order valence-corrected chi connectivity index (χ3v) is 7.31. The summed E-state index contributed by atoms with van der Waals surface area (Å²) in [7, 11) is 3.25.